The smallest absolute Gasteiger partial charge is 0.254 e. The van der Waals surface area contributed by atoms with E-state index in [2.05, 4.69) is 10.3 Å². The Balaban J connectivity index is 1.66. The third-order valence-electron chi connectivity index (χ3n) is 3.75. The number of anilines is 1. The molecule has 0 saturated carbocycles. The highest BCUT2D eigenvalue weighted by Gasteiger charge is 2.23. The number of amides is 1. The topological polar surface area (TPSA) is 65.5 Å². The first-order valence-electron chi connectivity index (χ1n) is 7.41. The molecule has 2 N–H and O–H groups in total. The summed E-state index contributed by atoms with van der Waals surface area (Å²) in [5.41, 5.74) is 4.34. The number of β-amino-alcohol motifs (C(OH)–C–C–N with tert-alkyl or cyclic N) is 1. The summed E-state index contributed by atoms with van der Waals surface area (Å²) in [6.45, 7) is 1.78. The number of rotatable bonds is 4. The van der Waals surface area contributed by atoms with Crippen molar-refractivity contribution >= 4 is 22.9 Å². The van der Waals surface area contributed by atoms with E-state index in [0.29, 0.717) is 25.2 Å². The van der Waals surface area contributed by atoms with Crippen molar-refractivity contribution < 1.29 is 9.90 Å². The van der Waals surface area contributed by atoms with Gasteiger partial charge in [-0.15, -0.1) is 11.3 Å². The molecule has 0 radical (unpaired) electrons. The van der Waals surface area contributed by atoms with Gasteiger partial charge >= 0.3 is 0 Å². The fourth-order valence-electron chi connectivity index (χ4n) is 2.60. The van der Waals surface area contributed by atoms with E-state index in [9.17, 15) is 9.90 Å². The lowest BCUT2D eigenvalue weighted by Crippen LogP contribution is -2.42. The highest BCUT2D eigenvalue weighted by atomic mass is 32.1. The Kier molecular flexibility index (Phi) is 4.70. The monoisotopic (exact) mass is 317 g/mol. The zero-order valence-electron chi connectivity index (χ0n) is 12.2. The van der Waals surface area contributed by atoms with Crippen LogP contribution >= 0.6 is 11.3 Å². The second-order valence-corrected chi connectivity index (χ2v) is 6.18. The molecule has 1 fully saturated rings. The summed E-state index contributed by atoms with van der Waals surface area (Å²) < 4.78 is 0. The number of nitrogens with one attached hydrogen (secondary N) is 1. The van der Waals surface area contributed by atoms with Crippen LogP contribution in [0.25, 0.3) is 0 Å². The minimum Gasteiger partial charge on any atom is -0.391 e. The van der Waals surface area contributed by atoms with Crippen molar-refractivity contribution in [2.45, 2.75) is 25.5 Å². The molecule has 22 heavy (non-hydrogen) atoms. The molecule has 1 aliphatic rings. The number of aliphatic hydroxyl groups excluding tert-OH is 1. The molecule has 1 aromatic heterocycles. The second-order valence-electron chi connectivity index (χ2n) is 5.46. The molecule has 2 heterocycles. The molecule has 116 valence electrons. The molecular weight excluding hydrogens is 298 g/mol. The maximum absolute atomic E-state index is 12.5. The minimum absolute atomic E-state index is 0.0175. The summed E-state index contributed by atoms with van der Waals surface area (Å²) in [6.07, 6.45) is 1.23. The number of piperidine rings is 1. The zero-order valence-corrected chi connectivity index (χ0v) is 13.1. The fraction of sp³-hybridized carbons (Fsp3) is 0.375. The van der Waals surface area contributed by atoms with Crippen molar-refractivity contribution in [1.82, 2.24) is 9.88 Å². The molecular formula is C16H19N3O2S. The summed E-state index contributed by atoms with van der Waals surface area (Å²) in [6, 6.07) is 7.48. The molecule has 1 aromatic carbocycles. The van der Waals surface area contributed by atoms with E-state index in [1.165, 1.54) is 0 Å². The van der Waals surface area contributed by atoms with Crippen LogP contribution in [-0.2, 0) is 6.54 Å². The summed E-state index contributed by atoms with van der Waals surface area (Å²) >= 11 is 1.57. The van der Waals surface area contributed by atoms with Gasteiger partial charge in [-0.2, -0.15) is 0 Å². The van der Waals surface area contributed by atoms with E-state index < -0.39 is 6.10 Å². The molecule has 0 aliphatic carbocycles. The Hall–Kier alpha value is -1.92. The van der Waals surface area contributed by atoms with Gasteiger partial charge < -0.3 is 15.3 Å². The van der Waals surface area contributed by atoms with Gasteiger partial charge in [0.05, 0.1) is 23.9 Å². The van der Waals surface area contributed by atoms with Crippen molar-refractivity contribution in [1.29, 1.82) is 0 Å². The highest BCUT2D eigenvalue weighted by molar-refractivity contribution is 7.07. The van der Waals surface area contributed by atoms with E-state index in [1.54, 1.807) is 21.7 Å². The van der Waals surface area contributed by atoms with Crippen LogP contribution in [-0.4, -0.2) is 40.1 Å². The zero-order chi connectivity index (χ0) is 15.4. The quantitative estimate of drug-likeness (QED) is 0.908. The number of carbonyl (C=O) groups is 1. The average Bonchev–Trinajstić information content (AvgIpc) is 3.06. The predicted octanol–water partition coefficient (Wildman–Crippen LogP) is 2.35. The Morgan fingerprint density at radius 2 is 2.41 bits per heavy atom. The normalized spacial score (nSPS) is 18.2. The molecule has 1 unspecified atom stereocenters. The van der Waals surface area contributed by atoms with Gasteiger partial charge in [0.2, 0.25) is 0 Å². The largest absolute Gasteiger partial charge is 0.391 e. The van der Waals surface area contributed by atoms with Gasteiger partial charge in [0.1, 0.15) is 0 Å². The van der Waals surface area contributed by atoms with Crippen molar-refractivity contribution in [3.8, 4) is 0 Å². The molecule has 0 spiro atoms. The number of aromatic nitrogens is 1. The number of likely N-dealkylation sites (tertiary alicyclic amines) is 1. The number of thiazole rings is 1. The minimum atomic E-state index is -0.399. The molecule has 5 nitrogen and oxygen atoms in total. The lowest BCUT2D eigenvalue weighted by molar-refractivity contribution is 0.0474. The van der Waals surface area contributed by atoms with Gasteiger partial charge in [-0.1, -0.05) is 6.07 Å². The van der Waals surface area contributed by atoms with Crippen molar-refractivity contribution in [2.24, 2.45) is 0 Å². The molecule has 1 atom stereocenters. The Morgan fingerprint density at radius 3 is 3.18 bits per heavy atom. The number of aliphatic hydroxyl groups is 1. The summed E-state index contributed by atoms with van der Waals surface area (Å²) in [5.74, 6) is -0.0175. The molecule has 1 saturated heterocycles. The molecule has 1 amide bonds. The van der Waals surface area contributed by atoms with E-state index in [0.717, 1.165) is 24.2 Å². The highest BCUT2D eigenvalue weighted by Crippen LogP contribution is 2.17. The lowest BCUT2D eigenvalue weighted by Gasteiger charge is -2.30. The number of hydrogen-bond donors (Lipinski definition) is 2. The van der Waals surface area contributed by atoms with Gasteiger partial charge in [0.25, 0.3) is 5.91 Å². The van der Waals surface area contributed by atoms with Crippen molar-refractivity contribution in [2.75, 3.05) is 18.4 Å². The van der Waals surface area contributed by atoms with Crippen LogP contribution in [0.5, 0.6) is 0 Å². The predicted molar refractivity (Wildman–Crippen MR) is 87.0 cm³/mol. The standard InChI is InChI=1S/C16H19N3O2S/c20-15-5-2-6-19(9-15)16(21)12-3-1-4-13(7-12)17-8-14-10-22-11-18-14/h1,3-4,7,10-11,15,17,20H,2,5-6,8-9H2. The molecule has 1 aliphatic heterocycles. The maximum Gasteiger partial charge on any atom is 0.254 e. The first-order valence-corrected chi connectivity index (χ1v) is 8.35. The first-order chi connectivity index (χ1) is 10.7. The number of benzene rings is 1. The van der Waals surface area contributed by atoms with Crippen LogP contribution in [0.1, 0.15) is 28.9 Å². The van der Waals surface area contributed by atoms with E-state index in [1.807, 2.05) is 29.6 Å². The van der Waals surface area contributed by atoms with Gasteiger partial charge in [-0.05, 0) is 31.0 Å². The van der Waals surface area contributed by atoms with Gasteiger partial charge in [0.15, 0.2) is 0 Å². The molecule has 0 bridgehead atoms. The fourth-order valence-corrected chi connectivity index (χ4v) is 3.16. The number of nitrogens with zero attached hydrogens (tertiary/aromatic N) is 2. The van der Waals surface area contributed by atoms with Crippen LogP contribution in [0.15, 0.2) is 35.2 Å². The van der Waals surface area contributed by atoms with E-state index in [4.69, 9.17) is 0 Å². The third-order valence-corrected chi connectivity index (χ3v) is 4.39. The molecule has 6 heteroatoms. The van der Waals surface area contributed by atoms with Crippen LogP contribution < -0.4 is 5.32 Å². The Morgan fingerprint density at radius 1 is 1.50 bits per heavy atom. The SMILES string of the molecule is O=C(c1cccc(NCc2cscn2)c1)N1CCCC(O)C1. The van der Waals surface area contributed by atoms with Gasteiger partial charge in [0, 0.05) is 29.7 Å². The first kappa shape index (κ1) is 15.0. The summed E-state index contributed by atoms with van der Waals surface area (Å²) in [7, 11) is 0. The third kappa shape index (κ3) is 3.64. The van der Waals surface area contributed by atoms with Crippen molar-refractivity contribution in [3.05, 3.63) is 46.4 Å². The van der Waals surface area contributed by atoms with Gasteiger partial charge in [-0.25, -0.2) is 4.98 Å². The number of hydrogen-bond acceptors (Lipinski definition) is 5. The summed E-state index contributed by atoms with van der Waals surface area (Å²) in [5, 5.41) is 15.0. The second kappa shape index (κ2) is 6.89. The van der Waals surface area contributed by atoms with E-state index in [-0.39, 0.29) is 5.91 Å². The van der Waals surface area contributed by atoms with Crippen LogP contribution in [0, 0.1) is 0 Å². The van der Waals surface area contributed by atoms with Gasteiger partial charge in [-0.3, -0.25) is 4.79 Å². The average molecular weight is 317 g/mol. The van der Waals surface area contributed by atoms with E-state index >= 15 is 0 Å². The Labute approximate surface area is 133 Å². The number of carbonyl (C=O) groups excluding carboxylic acids is 1. The lowest BCUT2D eigenvalue weighted by atomic mass is 10.1. The maximum atomic E-state index is 12.5. The van der Waals surface area contributed by atoms with Crippen molar-refractivity contribution in [3.63, 3.8) is 0 Å². The molecule has 3 rings (SSSR count). The Bertz CT molecular complexity index is 630. The van der Waals surface area contributed by atoms with Crippen LogP contribution in [0.4, 0.5) is 5.69 Å². The molecule has 2 aromatic rings. The van der Waals surface area contributed by atoms with Crippen LogP contribution in [0.2, 0.25) is 0 Å². The summed E-state index contributed by atoms with van der Waals surface area (Å²) in [4.78, 5) is 18.5. The van der Waals surface area contributed by atoms with Crippen LogP contribution in [0.3, 0.4) is 0 Å².